The minimum absolute atomic E-state index is 0.0861. The summed E-state index contributed by atoms with van der Waals surface area (Å²) in [4.78, 5) is 23.5. The lowest BCUT2D eigenvalue weighted by Gasteiger charge is -2.10. The number of benzene rings is 2. The Morgan fingerprint density at radius 1 is 1.05 bits per heavy atom. The molecule has 0 aliphatic heterocycles. The molecule has 112 valence electrons. The average molecular weight is 298 g/mol. The summed E-state index contributed by atoms with van der Waals surface area (Å²) in [6, 6.07) is 14.6. The Kier molecular flexibility index (Phi) is 5.03. The molecule has 0 bridgehead atoms. The van der Waals surface area contributed by atoms with Crippen LogP contribution >= 0.6 is 0 Å². The van der Waals surface area contributed by atoms with Gasteiger partial charge in [0.05, 0.1) is 0 Å². The topological polar surface area (TPSA) is 58.2 Å². The first-order valence-corrected chi connectivity index (χ1v) is 6.66. The van der Waals surface area contributed by atoms with E-state index in [1.165, 1.54) is 25.1 Å². The molecule has 0 radical (unpaired) electrons. The molecule has 0 atom stereocenters. The SMILES string of the molecule is CC(=O)N/C(=C\c1ccccc1)C(=O)Nc1cccc(F)c1. The Morgan fingerprint density at radius 3 is 2.41 bits per heavy atom. The van der Waals surface area contributed by atoms with Crippen molar-refractivity contribution >= 4 is 23.6 Å². The van der Waals surface area contributed by atoms with E-state index in [1.54, 1.807) is 24.3 Å². The Labute approximate surface area is 127 Å². The summed E-state index contributed by atoms with van der Waals surface area (Å²) in [6.45, 7) is 1.31. The van der Waals surface area contributed by atoms with E-state index in [0.717, 1.165) is 5.56 Å². The van der Waals surface area contributed by atoms with Crippen molar-refractivity contribution in [3.05, 3.63) is 71.7 Å². The van der Waals surface area contributed by atoms with E-state index in [2.05, 4.69) is 10.6 Å². The number of carbonyl (C=O) groups is 2. The number of amides is 2. The monoisotopic (exact) mass is 298 g/mol. The summed E-state index contributed by atoms with van der Waals surface area (Å²) in [6.07, 6.45) is 1.55. The first kappa shape index (κ1) is 15.4. The number of carbonyl (C=O) groups excluding carboxylic acids is 2. The second-order valence-corrected chi connectivity index (χ2v) is 4.61. The second-order valence-electron chi connectivity index (χ2n) is 4.61. The number of anilines is 1. The third kappa shape index (κ3) is 4.56. The third-order valence-corrected chi connectivity index (χ3v) is 2.75. The van der Waals surface area contributed by atoms with Gasteiger partial charge < -0.3 is 10.6 Å². The molecule has 5 heteroatoms. The fourth-order valence-corrected chi connectivity index (χ4v) is 1.83. The molecule has 0 fully saturated rings. The highest BCUT2D eigenvalue weighted by molar-refractivity contribution is 6.08. The maximum absolute atomic E-state index is 13.1. The molecule has 0 spiro atoms. The van der Waals surface area contributed by atoms with E-state index >= 15 is 0 Å². The van der Waals surface area contributed by atoms with Crippen LogP contribution in [0.4, 0.5) is 10.1 Å². The first-order valence-electron chi connectivity index (χ1n) is 6.66. The first-order chi connectivity index (χ1) is 10.5. The van der Waals surface area contributed by atoms with E-state index in [-0.39, 0.29) is 11.6 Å². The van der Waals surface area contributed by atoms with E-state index in [9.17, 15) is 14.0 Å². The molecule has 4 nitrogen and oxygen atoms in total. The zero-order chi connectivity index (χ0) is 15.9. The van der Waals surface area contributed by atoms with Crippen LogP contribution in [-0.4, -0.2) is 11.8 Å². The van der Waals surface area contributed by atoms with Crippen LogP contribution in [0.5, 0.6) is 0 Å². The third-order valence-electron chi connectivity index (χ3n) is 2.75. The summed E-state index contributed by atoms with van der Waals surface area (Å²) in [5, 5.41) is 5.03. The smallest absolute Gasteiger partial charge is 0.272 e. The summed E-state index contributed by atoms with van der Waals surface area (Å²) in [7, 11) is 0. The van der Waals surface area contributed by atoms with Gasteiger partial charge in [-0.2, -0.15) is 0 Å². The molecule has 0 aliphatic carbocycles. The predicted octanol–water partition coefficient (Wildman–Crippen LogP) is 2.94. The number of rotatable bonds is 4. The van der Waals surface area contributed by atoms with Crippen molar-refractivity contribution in [1.29, 1.82) is 0 Å². The molecule has 2 N–H and O–H groups in total. The van der Waals surface area contributed by atoms with Crippen LogP contribution in [0.3, 0.4) is 0 Å². The number of hydrogen-bond acceptors (Lipinski definition) is 2. The van der Waals surface area contributed by atoms with E-state index in [4.69, 9.17) is 0 Å². The normalized spacial score (nSPS) is 10.9. The summed E-state index contributed by atoms with van der Waals surface area (Å²) in [5.41, 5.74) is 1.16. The van der Waals surface area contributed by atoms with Crippen LogP contribution in [-0.2, 0) is 9.59 Å². The molecule has 0 aromatic heterocycles. The van der Waals surface area contributed by atoms with Crippen molar-refractivity contribution in [3.63, 3.8) is 0 Å². The van der Waals surface area contributed by atoms with Gasteiger partial charge in [-0.3, -0.25) is 9.59 Å². The second kappa shape index (κ2) is 7.17. The Bertz CT molecular complexity index is 712. The van der Waals surface area contributed by atoms with Crippen LogP contribution in [0.15, 0.2) is 60.3 Å². The van der Waals surface area contributed by atoms with E-state index in [0.29, 0.717) is 5.69 Å². The highest BCUT2D eigenvalue weighted by atomic mass is 19.1. The Morgan fingerprint density at radius 2 is 1.77 bits per heavy atom. The van der Waals surface area contributed by atoms with Crippen LogP contribution in [0, 0.1) is 5.82 Å². The fourth-order valence-electron chi connectivity index (χ4n) is 1.83. The molecule has 22 heavy (non-hydrogen) atoms. The fraction of sp³-hybridized carbons (Fsp3) is 0.0588. The quantitative estimate of drug-likeness (QED) is 0.853. The number of nitrogens with one attached hydrogen (secondary N) is 2. The molecular weight excluding hydrogens is 283 g/mol. The molecule has 0 saturated carbocycles. The Balaban J connectivity index is 2.23. The predicted molar refractivity (Wildman–Crippen MR) is 83.3 cm³/mol. The van der Waals surface area contributed by atoms with Gasteiger partial charge in [0.25, 0.3) is 5.91 Å². The lowest BCUT2D eigenvalue weighted by molar-refractivity contribution is -0.120. The molecule has 0 heterocycles. The van der Waals surface area contributed by atoms with E-state index < -0.39 is 11.7 Å². The van der Waals surface area contributed by atoms with Crippen LogP contribution < -0.4 is 10.6 Å². The van der Waals surface area contributed by atoms with Crippen molar-refractivity contribution in [3.8, 4) is 0 Å². The molecular formula is C17H15FN2O2. The summed E-state index contributed by atoms with van der Waals surface area (Å²) < 4.78 is 13.1. The molecule has 0 saturated heterocycles. The molecule has 2 aromatic rings. The molecule has 0 unspecified atom stereocenters. The van der Waals surface area contributed by atoms with Gasteiger partial charge in [-0.25, -0.2) is 4.39 Å². The van der Waals surface area contributed by atoms with Gasteiger partial charge in [-0.15, -0.1) is 0 Å². The zero-order valence-corrected chi connectivity index (χ0v) is 12.0. The van der Waals surface area contributed by atoms with E-state index in [1.807, 2.05) is 18.2 Å². The lowest BCUT2D eigenvalue weighted by Crippen LogP contribution is -2.28. The minimum Gasteiger partial charge on any atom is -0.322 e. The van der Waals surface area contributed by atoms with Crippen LogP contribution in [0.1, 0.15) is 12.5 Å². The van der Waals surface area contributed by atoms with Crippen molar-refractivity contribution in [2.75, 3.05) is 5.32 Å². The number of hydrogen-bond donors (Lipinski definition) is 2. The molecule has 0 aliphatic rings. The molecule has 2 aromatic carbocycles. The van der Waals surface area contributed by atoms with Gasteiger partial charge in [0.1, 0.15) is 11.5 Å². The zero-order valence-electron chi connectivity index (χ0n) is 12.0. The molecule has 2 rings (SSSR count). The van der Waals surface area contributed by atoms with Gasteiger partial charge >= 0.3 is 0 Å². The largest absolute Gasteiger partial charge is 0.322 e. The number of halogens is 1. The lowest BCUT2D eigenvalue weighted by atomic mass is 10.2. The highest BCUT2D eigenvalue weighted by Gasteiger charge is 2.11. The maximum Gasteiger partial charge on any atom is 0.272 e. The van der Waals surface area contributed by atoms with Crippen molar-refractivity contribution in [2.24, 2.45) is 0 Å². The molecule has 2 amide bonds. The summed E-state index contributed by atoms with van der Waals surface area (Å²) in [5.74, 6) is -1.34. The average Bonchev–Trinajstić information content (AvgIpc) is 2.47. The van der Waals surface area contributed by atoms with Crippen molar-refractivity contribution in [2.45, 2.75) is 6.92 Å². The highest BCUT2D eigenvalue weighted by Crippen LogP contribution is 2.11. The Hall–Kier alpha value is -2.95. The summed E-state index contributed by atoms with van der Waals surface area (Å²) >= 11 is 0. The minimum atomic E-state index is -0.523. The van der Waals surface area contributed by atoms with Gasteiger partial charge in [0, 0.05) is 12.6 Å². The van der Waals surface area contributed by atoms with Gasteiger partial charge in [0.15, 0.2) is 0 Å². The van der Waals surface area contributed by atoms with Crippen LogP contribution in [0.2, 0.25) is 0 Å². The maximum atomic E-state index is 13.1. The van der Waals surface area contributed by atoms with Crippen molar-refractivity contribution < 1.29 is 14.0 Å². The standard InChI is InChI=1S/C17H15FN2O2/c1-12(21)19-16(10-13-6-3-2-4-7-13)17(22)20-15-9-5-8-14(18)11-15/h2-11H,1H3,(H,19,21)(H,20,22)/b16-10-. The van der Waals surface area contributed by atoms with Gasteiger partial charge in [0.2, 0.25) is 5.91 Å². The van der Waals surface area contributed by atoms with Crippen molar-refractivity contribution in [1.82, 2.24) is 5.32 Å². The van der Waals surface area contributed by atoms with Gasteiger partial charge in [-0.05, 0) is 29.8 Å². The van der Waals surface area contributed by atoms with Crippen LogP contribution in [0.25, 0.3) is 6.08 Å². The van der Waals surface area contributed by atoms with Gasteiger partial charge in [-0.1, -0.05) is 36.4 Å².